The van der Waals surface area contributed by atoms with E-state index >= 15 is 0 Å². The first kappa shape index (κ1) is 29.6. The van der Waals surface area contributed by atoms with Crippen LogP contribution < -0.4 is 10.2 Å². The molecular weight excluding hydrogens is 417 g/mol. The summed E-state index contributed by atoms with van der Waals surface area (Å²) in [5.74, 6) is -1.85. The Morgan fingerprint density at radius 2 is 0.880 bits per heavy atom. The van der Waals surface area contributed by atoms with Gasteiger partial charge in [-0.25, -0.2) is 0 Å². The Bertz CT molecular complexity index is 307. The Morgan fingerprint density at radius 1 is 0.600 bits per heavy atom. The van der Waals surface area contributed by atoms with E-state index in [9.17, 15) is 19.8 Å². The number of aliphatic carboxylic acids is 2. The van der Waals surface area contributed by atoms with E-state index in [1.165, 1.54) is 12.8 Å². The zero-order valence-electron chi connectivity index (χ0n) is 17.4. The fraction of sp³-hybridized carbons (Fsp3) is 0.900. The van der Waals surface area contributed by atoms with Crippen molar-refractivity contribution >= 4 is 11.9 Å². The fourth-order valence-corrected chi connectivity index (χ4v) is 2.20. The SMILES string of the molecule is CC(C)(C)CCCCCC(=O)[O-].CC(C)(C)CCCCCC(=O)[O-].[Cd+2]. The van der Waals surface area contributed by atoms with Crippen LogP contribution in [0, 0.1) is 10.8 Å². The number of hydrogen-bond donors (Lipinski definition) is 0. The van der Waals surface area contributed by atoms with Crippen LogP contribution in [0.4, 0.5) is 0 Å². The molecule has 0 radical (unpaired) electrons. The van der Waals surface area contributed by atoms with Gasteiger partial charge in [-0.3, -0.25) is 0 Å². The van der Waals surface area contributed by atoms with E-state index in [1.54, 1.807) is 0 Å². The van der Waals surface area contributed by atoms with Crippen molar-refractivity contribution in [2.45, 2.75) is 106 Å². The normalized spacial score (nSPS) is 11.1. The smallest absolute Gasteiger partial charge is 0.550 e. The molecule has 0 saturated heterocycles. The fourth-order valence-electron chi connectivity index (χ4n) is 2.20. The zero-order chi connectivity index (χ0) is 19.2. The first-order valence-electron chi connectivity index (χ1n) is 9.23. The Kier molecular flexibility index (Phi) is 19.0. The molecule has 0 saturated carbocycles. The van der Waals surface area contributed by atoms with Crippen molar-refractivity contribution in [1.82, 2.24) is 0 Å². The van der Waals surface area contributed by atoms with E-state index in [4.69, 9.17) is 0 Å². The van der Waals surface area contributed by atoms with Crippen molar-refractivity contribution < 1.29 is 47.1 Å². The van der Waals surface area contributed by atoms with Crippen LogP contribution in [0.1, 0.15) is 106 Å². The van der Waals surface area contributed by atoms with Gasteiger partial charge in [0, 0.05) is 11.9 Å². The summed E-state index contributed by atoms with van der Waals surface area (Å²) in [7, 11) is 0. The minimum atomic E-state index is -0.925. The van der Waals surface area contributed by atoms with Crippen molar-refractivity contribution in [3.63, 3.8) is 0 Å². The zero-order valence-corrected chi connectivity index (χ0v) is 21.4. The van der Waals surface area contributed by atoms with Crippen molar-refractivity contribution in [2.75, 3.05) is 0 Å². The van der Waals surface area contributed by atoms with Crippen molar-refractivity contribution in [2.24, 2.45) is 10.8 Å². The maximum atomic E-state index is 10.0. The molecule has 0 aliphatic heterocycles. The number of unbranched alkanes of at least 4 members (excludes halogenated alkanes) is 4. The maximum absolute atomic E-state index is 10.0. The molecule has 0 atom stereocenters. The average Bonchev–Trinajstić information content (AvgIpc) is 2.35. The van der Waals surface area contributed by atoms with Gasteiger partial charge in [-0.15, -0.1) is 0 Å². The van der Waals surface area contributed by atoms with Crippen LogP contribution in [0.3, 0.4) is 0 Å². The molecule has 0 aromatic heterocycles. The Labute approximate surface area is 175 Å². The second-order valence-electron chi connectivity index (χ2n) is 8.99. The van der Waals surface area contributed by atoms with E-state index in [0.717, 1.165) is 38.5 Å². The second kappa shape index (κ2) is 16.1. The van der Waals surface area contributed by atoms with Crippen LogP contribution in [-0.2, 0) is 36.9 Å². The number of carbonyl (C=O) groups is 2. The van der Waals surface area contributed by atoms with Crippen molar-refractivity contribution in [1.29, 1.82) is 0 Å². The summed E-state index contributed by atoms with van der Waals surface area (Å²) in [5.41, 5.74) is 0.753. The summed E-state index contributed by atoms with van der Waals surface area (Å²) in [6.45, 7) is 13.2. The maximum Gasteiger partial charge on any atom is 2.00 e. The molecule has 0 aromatic rings. The monoisotopic (exact) mass is 456 g/mol. The van der Waals surface area contributed by atoms with E-state index in [1.807, 2.05) is 0 Å². The van der Waals surface area contributed by atoms with Gasteiger partial charge in [0.05, 0.1) is 0 Å². The van der Waals surface area contributed by atoms with Crippen molar-refractivity contribution in [3.05, 3.63) is 0 Å². The van der Waals surface area contributed by atoms with Crippen LogP contribution in [-0.4, -0.2) is 11.9 Å². The van der Waals surface area contributed by atoms with Gasteiger partial charge in [0.1, 0.15) is 0 Å². The van der Waals surface area contributed by atoms with Gasteiger partial charge in [-0.2, -0.15) is 0 Å². The molecule has 0 bridgehead atoms. The molecule has 0 unspecified atom stereocenters. The average molecular weight is 455 g/mol. The summed E-state index contributed by atoms with van der Waals surface area (Å²) < 4.78 is 0. The Balaban J connectivity index is -0.000000372. The number of hydrogen-bond acceptors (Lipinski definition) is 4. The van der Waals surface area contributed by atoms with Crippen LogP contribution in [0.5, 0.6) is 0 Å². The molecule has 0 fully saturated rings. The minimum absolute atomic E-state index is 0. The second-order valence-corrected chi connectivity index (χ2v) is 8.99. The summed E-state index contributed by atoms with van der Waals surface area (Å²) in [5, 5.41) is 20.1. The van der Waals surface area contributed by atoms with Gasteiger partial charge in [0.25, 0.3) is 0 Å². The molecular formula is C20H38CdO4. The third-order valence-electron chi connectivity index (χ3n) is 3.62. The quantitative estimate of drug-likeness (QED) is 0.374. The van der Waals surface area contributed by atoms with Gasteiger partial charge in [-0.05, 0) is 49.4 Å². The summed E-state index contributed by atoms with van der Waals surface area (Å²) >= 11 is 0. The van der Waals surface area contributed by atoms with Crippen molar-refractivity contribution in [3.8, 4) is 0 Å². The van der Waals surface area contributed by atoms with E-state index in [-0.39, 0.29) is 40.1 Å². The summed E-state index contributed by atoms with van der Waals surface area (Å²) in [6, 6.07) is 0. The first-order chi connectivity index (χ1) is 10.8. The Hall–Kier alpha value is -0.138. The topological polar surface area (TPSA) is 80.3 Å². The van der Waals surface area contributed by atoms with Gasteiger partial charge < -0.3 is 19.8 Å². The largest absolute Gasteiger partial charge is 2.00 e. The molecule has 4 nitrogen and oxygen atoms in total. The molecule has 0 N–H and O–H groups in total. The number of carboxylic acids is 2. The molecule has 0 heterocycles. The van der Waals surface area contributed by atoms with Crippen LogP contribution >= 0.6 is 0 Å². The molecule has 0 rings (SSSR count). The molecule has 144 valence electrons. The molecule has 0 amide bonds. The number of rotatable bonds is 10. The molecule has 0 aliphatic rings. The predicted octanol–water partition coefficient (Wildman–Crippen LogP) is 3.46. The number of carbonyl (C=O) groups excluding carboxylic acids is 2. The first-order valence-corrected chi connectivity index (χ1v) is 9.23. The minimum Gasteiger partial charge on any atom is -0.550 e. The van der Waals surface area contributed by atoms with Gasteiger partial charge in [0.2, 0.25) is 0 Å². The van der Waals surface area contributed by atoms with Gasteiger partial charge >= 0.3 is 27.3 Å². The van der Waals surface area contributed by atoms with Crippen LogP contribution in [0.25, 0.3) is 0 Å². The molecule has 0 aromatic carbocycles. The standard InChI is InChI=1S/2C10H20O2.Cd/c2*1-10(2,3)8-6-4-5-7-9(11)12;/h2*4-8H2,1-3H3,(H,11,12);/q;;+2/p-2. The molecule has 25 heavy (non-hydrogen) atoms. The van der Waals surface area contributed by atoms with Gasteiger partial charge in [-0.1, -0.05) is 67.2 Å². The molecule has 5 heteroatoms. The third kappa shape index (κ3) is 35.7. The summed E-state index contributed by atoms with van der Waals surface area (Å²) in [6.07, 6.45) is 8.54. The number of carboxylic acid groups (broad SMARTS) is 2. The van der Waals surface area contributed by atoms with E-state index in [2.05, 4.69) is 41.5 Å². The molecule has 0 spiro atoms. The van der Waals surface area contributed by atoms with E-state index < -0.39 is 11.9 Å². The van der Waals surface area contributed by atoms with Crippen LogP contribution in [0.15, 0.2) is 0 Å². The predicted molar refractivity (Wildman–Crippen MR) is 95.1 cm³/mol. The Morgan fingerprint density at radius 3 is 1.08 bits per heavy atom. The van der Waals surface area contributed by atoms with Gasteiger partial charge in [0.15, 0.2) is 0 Å². The van der Waals surface area contributed by atoms with Crippen LogP contribution in [0.2, 0.25) is 0 Å². The third-order valence-corrected chi connectivity index (χ3v) is 3.62. The summed E-state index contributed by atoms with van der Waals surface area (Å²) in [4.78, 5) is 20.1. The molecule has 0 aliphatic carbocycles. The van der Waals surface area contributed by atoms with E-state index in [0.29, 0.717) is 10.8 Å².